The fourth-order valence-electron chi connectivity index (χ4n) is 2.17. The molecule has 0 aliphatic carbocycles. The summed E-state index contributed by atoms with van der Waals surface area (Å²) in [4.78, 5) is 4.11. The standard InChI is InChI=1S/C13H6ClNO2/c14-13-15-8-5-6-10-11(12(8)17-13)7-3-1-2-4-9(7)16-10/h1-6H. The van der Waals surface area contributed by atoms with Gasteiger partial charge < -0.3 is 8.83 Å². The fourth-order valence-corrected chi connectivity index (χ4v) is 2.34. The zero-order chi connectivity index (χ0) is 11.4. The molecule has 0 atom stereocenters. The number of fused-ring (bicyclic) bond motifs is 5. The third-order valence-electron chi connectivity index (χ3n) is 2.87. The van der Waals surface area contributed by atoms with E-state index in [2.05, 4.69) is 4.98 Å². The molecule has 0 saturated heterocycles. The largest absolute Gasteiger partial charge is 0.456 e. The summed E-state index contributed by atoms with van der Waals surface area (Å²) in [5.74, 6) is 0. The number of benzene rings is 2. The number of oxazole rings is 1. The second kappa shape index (κ2) is 3.02. The fraction of sp³-hybridized carbons (Fsp3) is 0. The van der Waals surface area contributed by atoms with Crippen molar-refractivity contribution in [2.75, 3.05) is 0 Å². The minimum Gasteiger partial charge on any atom is -0.456 e. The summed E-state index contributed by atoms with van der Waals surface area (Å²) in [7, 11) is 0. The molecule has 4 heteroatoms. The molecular weight excluding hydrogens is 238 g/mol. The number of para-hydroxylation sites is 1. The Hall–Kier alpha value is -2.00. The maximum Gasteiger partial charge on any atom is 0.293 e. The molecule has 2 heterocycles. The molecule has 0 fully saturated rings. The first-order valence-corrected chi connectivity index (χ1v) is 5.57. The molecule has 2 aromatic heterocycles. The molecule has 0 bridgehead atoms. The van der Waals surface area contributed by atoms with Gasteiger partial charge in [0.15, 0.2) is 5.58 Å². The second-order valence-corrected chi connectivity index (χ2v) is 4.18. The highest BCUT2D eigenvalue weighted by Gasteiger charge is 2.14. The van der Waals surface area contributed by atoms with Gasteiger partial charge in [0, 0.05) is 5.39 Å². The monoisotopic (exact) mass is 243 g/mol. The van der Waals surface area contributed by atoms with Crippen LogP contribution in [0.4, 0.5) is 0 Å². The molecule has 4 rings (SSSR count). The number of furan rings is 1. The number of rotatable bonds is 0. The van der Waals surface area contributed by atoms with Crippen LogP contribution in [0.3, 0.4) is 0 Å². The summed E-state index contributed by atoms with van der Waals surface area (Å²) in [6.07, 6.45) is 0. The minimum absolute atomic E-state index is 0.151. The maximum absolute atomic E-state index is 5.79. The van der Waals surface area contributed by atoms with Gasteiger partial charge in [-0.3, -0.25) is 0 Å². The Labute approximate surface area is 101 Å². The van der Waals surface area contributed by atoms with E-state index in [1.165, 1.54) is 0 Å². The van der Waals surface area contributed by atoms with Gasteiger partial charge in [-0.05, 0) is 29.8 Å². The van der Waals surface area contributed by atoms with Gasteiger partial charge in [-0.25, -0.2) is 0 Å². The normalized spacial score (nSPS) is 11.8. The van der Waals surface area contributed by atoms with Gasteiger partial charge >= 0.3 is 0 Å². The van der Waals surface area contributed by atoms with E-state index in [0.29, 0.717) is 5.58 Å². The van der Waals surface area contributed by atoms with Crippen LogP contribution in [0.15, 0.2) is 45.2 Å². The summed E-state index contributed by atoms with van der Waals surface area (Å²) in [5.41, 5.74) is 3.04. The Morgan fingerprint density at radius 1 is 0.941 bits per heavy atom. The first-order chi connectivity index (χ1) is 8.33. The average molecular weight is 244 g/mol. The molecule has 17 heavy (non-hydrogen) atoms. The molecule has 0 aliphatic rings. The molecule has 0 amide bonds. The van der Waals surface area contributed by atoms with Crippen molar-refractivity contribution >= 4 is 44.6 Å². The van der Waals surface area contributed by atoms with Crippen molar-refractivity contribution in [3.05, 3.63) is 41.7 Å². The predicted molar refractivity (Wildman–Crippen MR) is 66.3 cm³/mol. The number of hydrogen-bond donors (Lipinski definition) is 0. The van der Waals surface area contributed by atoms with Crippen molar-refractivity contribution in [1.82, 2.24) is 4.98 Å². The van der Waals surface area contributed by atoms with Gasteiger partial charge in [0.1, 0.15) is 16.7 Å². The lowest BCUT2D eigenvalue weighted by atomic mass is 10.1. The van der Waals surface area contributed by atoms with Crippen LogP contribution in [-0.4, -0.2) is 4.98 Å². The zero-order valence-corrected chi connectivity index (χ0v) is 9.36. The van der Waals surface area contributed by atoms with Crippen molar-refractivity contribution in [2.45, 2.75) is 0 Å². The molecular formula is C13H6ClNO2. The molecule has 0 aliphatic heterocycles. The smallest absolute Gasteiger partial charge is 0.293 e. The highest BCUT2D eigenvalue weighted by atomic mass is 35.5. The summed E-state index contributed by atoms with van der Waals surface area (Å²) >= 11 is 5.79. The lowest BCUT2D eigenvalue weighted by Crippen LogP contribution is -1.69. The van der Waals surface area contributed by atoms with Crippen molar-refractivity contribution in [3.63, 3.8) is 0 Å². The van der Waals surface area contributed by atoms with Gasteiger partial charge in [-0.1, -0.05) is 18.2 Å². The molecule has 0 unspecified atom stereocenters. The van der Waals surface area contributed by atoms with Crippen molar-refractivity contribution in [3.8, 4) is 0 Å². The van der Waals surface area contributed by atoms with Gasteiger partial charge in [-0.15, -0.1) is 0 Å². The van der Waals surface area contributed by atoms with E-state index in [4.69, 9.17) is 20.4 Å². The van der Waals surface area contributed by atoms with Gasteiger partial charge in [0.25, 0.3) is 5.35 Å². The Morgan fingerprint density at radius 2 is 1.82 bits per heavy atom. The molecule has 4 aromatic rings. The SMILES string of the molecule is Clc1nc2ccc3oc4ccccc4c3c2o1. The number of halogens is 1. The first kappa shape index (κ1) is 9.07. The van der Waals surface area contributed by atoms with E-state index in [-0.39, 0.29) is 5.35 Å². The van der Waals surface area contributed by atoms with E-state index in [9.17, 15) is 0 Å². The number of nitrogens with zero attached hydrogens (tertiary/aromatic N) is 1. The third-order valence-corrected chi connectivity index (χ3v) is 3.03. The third kappa shape index (κ3) is 1.14. The molecule has 82 valence electrons. The maximum atomic E-state index is 5.79. The highest BCUT2D eigenvalue weighted by molar-refractivity contribution is 6.29. The van der Waals surface area contributed by atoms with Crippen LogP contribution in [0.5, 0.6) is 0 Å². The summed E-state index contributed by atoms with van der Waals surface area (Å²) in [6, 6.07) is 11.6. The summed E-state index contributed by atoms with van der Waals surface area (Å²) < 4.78 is 11.2. The highest BCUT2D eigenvalue weighted by Crippen LogP contribution is 2.35. The summed E-state index contributed by atoms with van der Waals surface area (Å²) in [5, 5.41) is 2.09. The van der Waals surface area contributed by atoms with Crippen LogP contribution < -0.4 is 0 Å². The predicted octanol–water partition coefficient (Wildman–Crippen LogP) is 4.38. The van der Waals surface area contributed by atoms with E-state index >= 15 is 0 Å². The molecule has 2 aromatic carbocycles. The number of aromatic nitrogens is 1. The molecule has 0 radical (unpaired) electrons. The Kier molecular flexibility index (Phi) is 1.61. The number of hydrogen-bond acceptors (Lipinski definition) is 3. The van der Waals surface area contributed by atoms with Crippen LogP contribution in [0.25, 0.3) is 33.0 Å². The molecule has 0 N–H and O–H groups in total. The van der Waals surface area contributed by atoms with E-state index in [1.807, 2.05) is 36.4 Å². The van der Waals surface area contributed by atoms with E-state index < -0.39 is 0 Å². The van der Waals surface area contributed by atoms with Crippen LogP contribution in [0, 0.1) is 0 Å². The molecule has 0 saturated carbocycles. The first-order valence-electron chi connectivity index (χ1n) is 5.19. The zero-order valence-electron chi connectivity index (χ0n) is 8.61. The van der Waals surface area contributed by atoms with E-state index in [1.54, 1.807) is 0 Å². The van der Waals surface area contributed by atoms with Crippen molar-refractivity contribution in [2.24, 2.45) is 0 Å². The minimum atomic E-state index is 0.151. The van der Waals surface area contributed by atoms with Crippen molar-refractivity contribution in [1.29, 1.82) is 0 Å². The Balaban J connectivity index is 2.37. The van der Waals surface area contributed by atoms with Crippen LogP contribution in [-0.2, 0) is 0 Å². The van der Waals surface area contributed by atoms with E-state index in [0.717, 1.165) is 27.5 Å². The second-order valence-electron chi connectivity index (χ2n) is 3.85. The quantitative estimate of drug-likeness (QED) is 0.460. The lowest BCUT2D eigenvalue weighted by Gasteiger charge is -1.89. The molecule has 3 nitrogen and oxygen atoms in total. The van der Waals surface area contributed by atoms with Gasteiger partial charge in [0.05, 0.1) is 5.39 Å². The Bertz CT molecular complexity index is 860. The van der Waals surface area contributed by atoms with Crippen LogP contribution in [0.2, 0.25) is 5.35 Å². The van der Waals surface area contributed by atoms with Crippen LogP contribution in [0.1, 0.15) is 0 Å². The lowest BCUT2D eigenvalue weighted by molar-refractivity contribution is 0.607. The average Bonchev–Trinajstić information content (AvgIpc) is 2.87. The van der Waals surface area contributed by atoms with Gasteiger partial charge in [0.2, 0.25) is 0 Å². The van der Waals surface area contributed by atoms with Gasteiger partial charge in [-0.2, -0.15) is 4.98 Å². The molecule has 0 spiro atoms. The summed E-state index contributed by atoms with van der Waals surface area (Å²) in [6.45, 7) is 0. The van der Waals surface area contributed by atoms with Crippen molar-refractivity contribution < 1.29 is 8.83 Å². The Morgan fingerprint density at radius 3 is 2.76 bits per heavy atom. The van der Waals surface area contributed by atoms with Crippen LogP contribution >= 0.6 is 11.6 Å². The topological polar surface area (TPSA) is 39.2 Å².